The lowest BCUT2D eigenvalue weighted by molar-refractivity contribution is -0.103. The summed E-state index contributed by atoms with van der Waals surface area (Å²) in [6.45, 7) is 5.13. The highest BCUT2D eigenvalue weighted by Crippen LogP contribution is 2.66. The first-order valence-corrected chi connectivity index (χ1v) is 9.21. The molecule has 20 heavy (non-hydrogen) atoms. The summed E-state index contributed by atoms with van der Waals surface area (Å²) in [5.41, 5.74) is 1.12. The van der Waals surface area contributed by atoms with Crippen molar-refractivity contribution < 1.29 is 5.11 Å². The molecule has 0 aliphatic heterocycles. The fourth-order valence-electron chi connectivity index (χ4n) is 7.32. The van der Waals surface area contributed by atoms with Crippen LogP contribution in [0.1, 0.15) is 78.1 Å². The molecule has 4 fully saturated rings. The van der Waals surface area contributed by atoms with Gasteiger partial charge in [-0.25, -0.2) is 0 Å². The minimum absolute atomic E-state index is 0.000588. The van der Waals surface area contributed by atoms with Crippen LogP contribution in [0.4, 0.5) is 0 Å². The van der Waals surface area contributed by atoms with Gasteiger partial charge in [-0.15, -0.1) is 0 Å². The van der Waals surface area contributed by atoms with Gasteiger partial charge in [-0.1, -0.05) is 26.7 Å². The Labute approximate surface area is 124 Å². The molecule has 1 heteroatoms. The molecule has 4 aliphatic carbocycles. The van der Waals surface area contributed by atoms with Crippen molar-refractivity contribution in [1.29, 1.82) is 0 Å². The summed E-state index contributed by atoms with van der Waals surface area (Å²) in [6.07, 6.45) is 13.9. The number of aliphatic hydroxyl groups is 1. The molecule has 4 rings (SSSR count). The lowest BCUT2D eigenvalue weighted by Gasteiger charge is -2.60. The van der Waals surface area contributed by atoms with Gasteiger partial charge in [-0.3, -0.25) is 0 Å². The van der Waals surface area contributed by atoms with Gasteiger partial charge >= 0.3 is 0 Å². The van der Waals surface area contributed by atoms with Crippen molar-refractivity contribution in [2.24, 2.45) is 34.5 Å². The summed E-state index contributed by atoms with van der Waals surface area (Å²) < 4.78 is 0. The van der Waals surface area contributed by atoms with Gasteiger partial charge in [0.25, 0.3) is 0 Å². The Morgan fingerprint density at radius 3 is 2.60 bits per heavy atom. The SMILES string of the molecule is C[C@]12CC[C@H]3[C@@H](CC[C@H]4CCCC[C@@]43C)[C@@H]1C[C@@H](O)C2. The highest BCUT2D eigenvalue weighted by atomic mass is 16.3. The molecule has 0 aromatic rings. The Morgan fingerprint density at radius 1 is 0.900 bits per heavy atom. The van der Waals surface area contributed by atoms with Crippen LogP contribution in [0.15, 0.2) is 0 Å². The van der Waals surface area contributed by atoms with E-state index in [4.69, 9.17) is 0 Å². The summed E-state index contributed by atoms with van der Waals surface area (Å²) in [4.78, 5) is 0. The Bertz CT molecular complexity index is 391. The topological polar surface area (TPSA) is 20.2 Å². The number of fused-ring (bicyclic) bond motifs is 5. The molecule has 0 aromatic carbocycles. The van der Waals surface area contributed by atoms with E-state index >= 15 is 0 Å². The average molecular weight is 276 g/mol. The summed E-state index contributed by atoms with van der Waals surface area (Å²) in [5, 5.41) is 10.2. The Morgan fingerprint density at radius 2 is 1.75 bits per heavy atom. The van der Waals surface area contributed by atoms with E-state index in [9.17, 15) is 5.11 Å². The van der Waals surface area contributed by atoms with Gasteiger partial charge in [0.2, 0.25) is 0 Å². The lowest BCUT2D eigenvalue weighted by Crippen LogP contribution is -2.51. The largest absolute Gasteiger partial charge is 0.393 e. The predicted octanol–water partition coefficient (Wildman–Crippen LogP) is 4.78. The van der Waals surface area contributed by atoms with Crippen molar-refractivity contribution in [3.05, 3.63) is 0 Å². The van der Waals surface area contributed by atoms with E-state index in [2.05, 4.69) is 13.8 Å². The molecular formula is C19H32O. The summed E-state index contributed by atoms with van der Waals surface area (Å²) in [6, 6.07) is 0. The molecule has 7 atom stereocenters. The second-order valence-corrected chi connectivity index (χ2v) is 9.19. The molecule has 114 valence electrons. The molecule has 4 saturated carbocycles. The van der Waals surface area contributed by atoms with Gasteiger partial charge in [0.15, 0.2) is 0 Å². The highest BCUT2D eigenvalue weighted by Gasteiger charge is 2.58. The standard InChI is InChI=1S/C19H32O/c1-18-10-8-16-15(17(18)11-14(20)12-18)7-6-13-5-3-4-9-19(13,16)2/h13-17,20H,3-12H2,1-2H3/t13-,14-,15-,16+,17+,18-,19+/m1/s1. The minimum atomic E-state index is 0.000588. The van der Waals surface area contributed by atoms with Gasteiger partial charge in [-0.05, 0) is 85.9 Å². The molecule has 0 radical (unpaired) electrons. The quantitative estimate of drug-likeness (QED) is 0.675. The predicted molar refractivity (Wildman–Crippen MR) is 82.4 cm³/mol. The first-order chi connectivity index (χ1) is 9.53. The van der Waals surface area contributed by atoms with Crippen LogP contribution in [0.2, 0.25) is 0 Å². The normalized spacial score (nSPS) is 58.6. The van der Waals surface area contributed by atoms with E-state index < -0.39 is 0 Å². The van der Waals surface area contributed by atoms with Crippen LogP contribution in [0.25, 0.3) is 0 Å². The first-order valence-electron chi connectivity index (χ1n) is 9.21. The summed E-state index contributed by atoms with van der Waals surface area (Å²) in [5.74, 6) is 3.76. The zero-order valence-corrected chi connectivity index (χ0v) is 13.4. The maximum absolute atomic E-state index is 10.2. The fourth-order valence-corrected chi connectivity index (χ4v) is 7.32. The van der Waals surface area contributed by atoms with Gasteiger partial charge in [0, 0.05) is 0 Å². The molecule has 0 heterocycles. The van der Waals surface area contributed by atoms with Crippen LogP contribution in [0.5, 0.6) is 0 Å². The Balaban J connectivity index is 1.64. The minimum Gasteiger partial charge on any atom is -0.393 e. The van der Waals surface area contributed by atoms with Crippen molar-refractivity contribution in [2.45, 2.75) is 84.2 Å². The lowest BCUT2D eigenvalue weighted by atomic mass is 9.45. The number of hydrogen-bond donors (Lipinski definition) is 1. The van der Waals surface area contributed by atoms with E-state index in [0.717, 1.165) is 36.5 Å². The monoisotopic (exact) mass is 276 g/mol. The van der Waals surface area contributed by atoms with E-state index in [1.165, 1.54) is 51.4 Å². The maximum atomic E-state index is 10.2. The highest BCUT2D eigenvalue weighted by molar-refractivity contribution is 5.07. The second-order valence-electron chi connectivity index (χ2n) is 9.19. The Hall–Kier alpha value is -0.0400. The van der Waals surface area contributed by atoms with Crippen LogP contribution < -0.4 is 0 Å². The molecular weight excluding hydrogens is 244 g/mol. The van der Waals surface area contributed by atoms with E-state index in [1.54, 1.807) is 0 Å². The average Bonchev–Trinajstić information content (AvgIpc) is 2.72. The molecule has 0 spiro atoms. The van der Waals surface area contributed by atoms with Crippen molar-refractivity contribution >= 4 is 0 Å². The molecule has 0 aromatic heterocycles. The van der Waals surface area contributed by atoms with E-state index in [0.29, 0.717) is 10.8 Å². The van der Waals surface area contributed by atoms with E-state index in [1.807, 2.05) is 0 Å². The third kappa shape index (κ3) is 1.77. The molecule has 1 nitrogen and oxygen atoms in total. The van der Waals surface area contributed by atoms with Crippen molar-refractivity contribution in [1.82, 2.24) is 0 Å². The van der Waals surface area contributed by atoms with Gasteiger partial charge in [0.05, 0.1) is 6.10 Å². The van der Waals surface area contributed by atoms with Crippen LogP contribution in [0, 0.1) is 34.5 Å². The number of aliphatic hydroxyl groups excluding tert-OH is 1. The van der Waals surface area contributed by atoms with Crippen molar-refractivity contribution in [3.63, 3.8) is 0 Å². The van der Waals surface area contributed by atoms with Crippen LogP contribution in [-0.4, -0.2) is 11.2 Å². The van der Waals surface area contributed by atoms with Gasteiger partial charge in [0.1, 0.15) is 0 Å². The zero-order chi connectivity index (χ0) is 14.0. The van der Waals surface area contributed by atoms with Gasteiger partial charge < -0.3 is 5.11 Å². The van der Waals surface area contributed by atoms with Crippen molar-refractivity contribution in [2.75, 3.05) is 0 Å². The smallest absolute Gasteiger partial charge is 0.0548 e. The van der Waals surface area contributed by atoms with Crippen LogP contribution in [0.3, 0.4) is 0 Å². The molecule has 0 amide bonds. The molecule has 0 saturated heterocycles. The third-order valence-electron chi connectivity index (χ3n) is 8.33. The van der Waals surface area contributed by atoms with E-state index in [-0.39, 0.29) is 6.10 Å². The first kappa shape index (κ1) is 13.6. The fraction of sp³-hybridized carbons (Fsp3) is 1.00. The zero-order valence-electron chi connectivity index (χ0n) is 13.4. The number of rotatable bonds is 0. The summed E-state index contributed by atoms with van der Waals surface area (Å²) in [7, 11) is 0. The molecule has 1 N–H and O–H groups in total. The molecule has 0 bridgehead atoms. The third-order valence-corrected chi connectivity index (χ3v) is 8.33. The Kier molecular flexibility index (Phi) is 3.05. The second kappa shape index (κ2) is 4.48. The van der Waals surface area contributed by atoms with Crippen LogP contribution in [-0.2, 0) is 0 Å². The van der Waals surface area contributed by atoms with Crippen LogP contribution >= 0.6 is 0 Å². The maximum Gasteiger partial charge on any atom is 0.0548 e. The summed E-state index contributed by atoms with van der Waals surface area (Å²) >= 11 is 0. The number of hydrogen-bond acceptors (Lipinski definition) is 1. The van der Waals surface area contributed by atoms with Crippen molar-refractivity contribution in [3.8, 4) is 0 Å². The molecule has 4 aliphatic rings. The molecule has 0 unspecified atom stereocenters. The van der Waals surface area contributed by atoms with Gasteiger partial charge in [-0.2, -0.15) is 0 Å².